The fourth-order valence-electron chi connectivity index (χ4n) is 2.65. The van der Waals surface area contributed by atoms with Gasteiger partial charge in [0.15, 0.2) is 5.82 Å². The normalized spacial score (nSPS) is 11.2. The number of nitrogens with one attached hydrogen (secondary N) is 3. The average molecular weight is 418 g/mol. The molecule has 10 heteroatoms. The highest BCUT2D eigenvalue weighted by atomic mass is 19.1. The molecule has 30 heavy (non-hydrogen) atoms. The summed E-state index contributed by atoms with van der Waals surface area (Å²) in [5.41, 5.74) is 6.37. The van der Waals surface area contributed by atoms with E-state index in [0.717, 1.165) is 11.1 Å². The third kappa shape index (κ3) is 4.48. The highest BCUT2D eigenvalue weighted by Crippen LogP contribution is 2.31. The van der Waals surface area contributed by atoms with Gasteiger partial charge in [-0.15, -0.1) is 0 Å². The minimum Gasteiger partial charge on any atom is -0.495 e. The number of aromatic amines is 1. The van der Waals surface area contributed by atoms with Crippen LogP contribution >= 0.6 is 0 Å². The molecule has 0 spiro atoms. The Morgan fingerprint density at radius 3 is 2.57 bits per heavy atom. The van der Waals surface area contributed by atoms with Crippen molar-refractivity contribution in [3.63, 3.8) is 0 Å². The van der Waals surface area contributed by atoms with Crippen LogP contribution in [-0.4, -0.2) is 31.6 Å². The molecule has 0 saturated carbocycles. The average Bonchev–Trinajstić information content (AvgIpc) is 3.23. The molecule has 3 aromatic rings. The summed E-state index contributed by atoms with van der Waals surface area (Å²) < 4.78 is 36.5. The van der Waals surface area contributed by atoms with Gasteiger partial charge in [-0.25, -0.2) is 18.6 Å². The number of amides is 2. The van der Waals surface area contributed by atoms with E-state index in [9.17, 15) is 13.6 Å². The number of pyridine rings is 1. The fraction of sp³-hybridized carbons (Fsp3) is 0.250. The molecule has 158 valence electrons. The Balaban J connectivity index is 1.72. The van der Waals surface area contributed by atoms with Gasteiger partial charge in [0.05, 0.1) is 24.4 Å². The van der Waals surface area contributed by atoms with Crippen molar-refractivity contribution in [1.82, 2.24) is 5.16 Å². The molecular weight excluding hydrogens is 396 g/mol. The molecule has 8 nitrogen and oxygen atoms in total. The first-order valence-corrected chi connectivity index (χ1v) is 9.01. The predicted octanol–water partition coefficient (Wildman–Crippen LogP) is 3.59. The maximum Gasteiger partial charge on any atom is 0.325 e. The second kappa shape index (κ2) is 8.76. The summed E-state index contributed by atoms with van der Waals surface area (Å²) in [5, 5.41) is 8.74. The van der Waals surface area contributed by atoms with Crippen LogP contribution < -0.4 is 26.1 Å². The molecule has 0 aliphatic carbocycles. The summed E-state index contributed by atoms with van der Waals surface area (Å²) >= 11 is 0. The third-order valence-corrected chi connectivity index (χ3v) is 4.56. The highest BCUT2D eigenvalue weighted by molar-refractivity contribution is 6.00. The number of carbonyl (C=O) groups is 1. The molecule has 0 radical (unpaired) electrons. The lowest BCUT2D eigenvalue weighted by Gasteiger charge is -2.17. The van der Waals surface area contributed by atoms with Gasteiger partial charge in [0, 0.05) is 17.7 Å². The maximum absolute atomic E-state index is 13.1. The van der Waals surface area contributed by atoms with Crippen LogP contribution in [0, 0.1) is 0 Å². The largest absolute Gasteiger partial charge is 0.495 e. The van der Waals surface area contributed by atoms with Gasteiger partial charge in [-0.2, -0.15) is 0 Å². The van der Waals surface area contributed by atoms with Crippen LogP contribution in [0.4, 0.5) is 30.9 Å². The lowest BCUT2D eigenvalue weighted by Crippen LogP contribution is -2.26. The minimum atomic E-state index is -1.44. The Bertz CT molecular complexity index is 1020. The molecule has 0 aliphatic rings. The molecule has 0 bridgehead atoms. The molecule has 0 fully saturated rings. The zero-order valence-electron chi connectivity index (χ0n) is 16.5. The topological polar surface area (TPSA) is 117 Å². The first kappa shape index (κ1) is 21.0. The van der Waals surface area contributed by atoms with Gasteiger partial charge in [0.2, 0.25) is 0 Å². The molecule has 0 unspecified atom stereocenters. The number of methoxy groups -OCH3 is 1. The van der Waals surface area contributed by atoms with E-state index in [-0.39, 0.29) is 11.6 Å². The number of nitrogens with two attached hydrogens (primary N) is 1. The molecule has 0 atom stereocenters. The molecule has 0 saturated heterocycles. The molecule has 2 amide bonds. The Hall–Kier alpha value is -3.69. The van der Waals surface area contributed by atoms with E-state index in [4.69, 9.17) is 15.0 Å². The van der Waals surface area contributed by atoms with E-state index < -0.39 is 24.8 Å². The number of carbonyl (C=O) groups excluding carboxylic acids is 1. The zero-order chi connectivity index (χ0) is 21.7. The Labute approximate surface area is 171 Å². The molecule has 5 N–H and O–H groups in total. The number of benzene rings is 1. The van der Waals surface area contributed by atoms with Crippen LogP contribution in [0.25, 0.3) is 11.1 Å². The second-order valence-corrected chi connectivity index (χ2v) is 6.93. The Kier molecular flexibility index (Phi) is 6.14. The number of urea groups is 1. The van der Waals surface area contributed by atoms with Crippen molar-refractivity contribution in [3.8, 4) is 16.9 Å². The minimum absolute atomic E-state index is 0.00466. The van der Waals surface area contributed by atoms with Crippen LogP contribution in [0.1, 0.15) is 12.7 Å². The fourth-order valence-corrected chi connectivity index (χ4v) is 2.65. The van der Waals surface area contributed by atoms with Crippen LogP contribution in [0.3, 0.4) is 0 Å². The lowest BCUT2D eigenvalue weighted by molar-refractivity contribution is -0.359. The summed E-state index contributed by atoms with van der Waals surface area (Å²) in [4.78, 5) is 15.2. The van der Waals surface area contributed by atoms with Gasteiger partial charge in [0.1, 0.15) is 24.9 Å². The van der Waals surface area contributed by atoms with Crippen molar-refractivity contribution >= 4 is 23.4 Å². The molecule has 0 aliphatic heterocycles. The quantitative estimate of drug-likeness (QED) is 0.542. The molecule has 3 rings (SSSR count). The van der Waals surface area contributed by atoms with Gasteiger partial charge < -0.3 is 14.6 Å². The monoisotopic (exact) mass is 418 g/mol. The van der Waals surface area contributed by atoms with Gasteiger partial charge in [-0.05, 0) is 30.7 Å². The summed E-state index contributed by atoms with van der Waals surface area (Å²) in [6, 6.07) is 9.51. The van der Waals surface area contributed by atoms with E-state index in [1.807, 2.05) is 6.07 Å². The number of halogens is 2. The second-order valence-electron chi connectivity index (χ2n) is 6.93. The smallest absolute Gasteiger partial charge is 0.325 e. The Morgan fingerprint density at radius 2 is 1.93 bits per heavy atom. The van der Waals surface area contributed by atoms with Crippen molar-refractivity contribution in [2.75, 3.05) is 36.8 Å². The molecule has 2 aromatic heterocycles. The summed E-state index contributed by atoms with van der Waals surface area (Å²) in [6.07, 6.45) is 1.76. The van der Waals surface area contributed by atoms with Crippen molar-refractivity contribution < 1.29 is 27.8 Å². The van der Waals surface area contributed by atoms with Gasteiger partial charge >= 0.3 is 6.03 Å². The third-order valence-electron chi connectivity index (χ3n) is 4.56. The summed E-state index contributed by atoms with van der Waals surface area (Å²) in [7, 11) is 1.48. The number of hydrogen-bond donors (Lipinski definition) is 3. The van der Waals surface area contributed by atoms with Crippen LogP contribution in [0.15, 0.2) is 47.1 Å². The van der Waals surface area contributed by atoms with Gasteiger partial charge in [-0.1, -0.05) is 11.2 Å². The number of H-pyrrole nitrogens is 1. The van der Waals surface area contributed by atoms with Crippen molar-refractivity contribution in [2.24, 2.45) is 0 Å². The number of nitrogen functional groups attached to an aromatic ring is 1. The highest BCUT2D eigenvalue weighted by Gasteiger charge is 2.32. The number of alkyl halides is 2. The standard InChI is InChI=1S/C20H21F2N5O3/c1-20(10-21,11-22)16-8-18(27-30-16)26-19(28)25-14-5-3-12(7-15(14)29-2)13-4-6-17(23)24-9-13/h3-9H,10-11H2,1-2H3,(H2,23,24)(H2,25,26,27,28)/p+1. The number of anilines is 3. The van der Waals surface area contributed by atoms with E-state index in [1.54, 1.807) is 30.5 Å². The lowest BCUT2D eigenvalue weighted by atomic mass is 9.91. The number of aromatic nitrogens is 2. The van der Waals surface area contributed by atoms with E-state index in [2.05, 4.69) is 20.8 Å². The van der Waals surface area contributed by atoms with Crippen molar-refractivity contribution in [2.45, 2.75) is 12.3 Å². The van der Waals surface area contributed by atoms with E-state index in [1.165, 1.54) is 20.1 Å². The number of hydrogen-bond acceptors (Lipinski definition) is 5. The molecular formula is C20H22F2N5O3+. The Morgan fingerprint density at radius 1 is 1.20 bits per heavy atom. The van der Waals surface area contributed by atoms with E-state index in [0.29, 0.717) is 17.3 Å². The molecule has 2 heterocycles. The number of ether oxygens (including phenoxy) is 1. The zero-order valence-corrected chi connectivity index (χ0v) is 16.5. The van der Waals surface area contributed by atoms with Crippen LogP contribution in [0.2, 0.25) is 0 Å². The van der Waals surface area contributed by atoms with Gasteiger partial charge in [0.25, 0.3) is 5.82 Å². The first-order chi connectivity index (χ1) is 14.4. The van der Waals surface area contributed by atoms with Crippen LogP contribution in [0.5, 0.6) is 5.75 Å². The van der Waals surface area contributed by atoms with Crippen molar-refractivity contribution in [1.29, 1.82) is 0 Å². The van der Waals surface area contributed by atoms with Gasteiger partial charge in [-0.3, -0.25) is 11.1 Å². The predicted molar refractivity (Wildman–Crippen MR) is 108 cm³/mol. The number of rotatable bonds is 7. The maximum atomic E-state index is 13.1. The molecule has 1 aromatic carbocycles. The van der Waals surface area contributed by atoms with E-state index >= 15 is 0 Å². The van der Waals surface area contributed by atoms with Crippen LogP contribution in [-0.2, 0) is 5.41 Å². The SMILES string of the molecule is COc1cc(-c2ccc(N)[nH+]c2)ccc1NC(=O)Nc1cc(C(C)(CF)CF)on1. The number of nitrogens with zero attached hydrogens (tertiary/aromatic N) is 1. The van der Waals surface area contributed by atoms with Crippen molar-refractivity contribution in [3.05, 3.63) is 48.4 Å². The first-order valence-electron chi connectivity index (χ1n) is 9.01. The summed E-state index contributed by atoms with van der Waals surface area (Å²) in [6.45, 7) is -0.554. The summed E-state index contributed by atoms with van der Waals surface area (Å²) in [5.74, 6) is 1.01.